The molecule has 1 saturated carbocycles. The van der Waals surface area contributed by atoms with E-state index < -0.39 is 0 Å². The lowest BCUT2D eigenvalue weighted by atomic mass is 10.2. The van der Waals surface area contributed by atoms with Crippen molar-refractivity contribution in [1.82, 2.24) is 15.1 Å². The molecule has 0 radical (unpaired) electrons. The molecule has 78 valence electrons. The van der Waals surface area contributed by atoms with Gasteiger partial charge in [-0.05, 0) is 19.3 Å². The van der Waals surface area contributed by atoms with E-state index in [1.807, 2.05) is 4.90 Å². The summed E-state index contributed by atoms with van der Waals surface area (Å²) in [5.74, 6) is 0.285. The predicted molar refractivity (Wildman–Crippen MR) is 52.7 cm³/mol. The minimum absolute atomic E-state index is 0.285. The van der Waals surface area contributed by atoms with E-state index in [1.165, 1.54) is 25.8 Å². The predicted octanol–water partition coefficient (Wildman–Crippen LogP) is -0.388. The highest BCUT2D eigenvalue weighted by Gasteiger charge is 2.38. The van der Waals surface area contributed by atoms with Crippen LogP contribution in [0.1, 0.15) is 19.3 Å². The van der Waals surface area contributed by atoms with Gasteiger partial charge in [0.1, 0.15) is 0 Å². The summed E-state index contributed by atoms with van der Waals surface area (Å²) in [7, 11) is 0. The standard InChI is InChI=1S/C10H17N3O/c14-10-5-11-7-13(10)9-3-4-12(6-9)8-1-2-8/h8-9,11H,1-7H2. The summed E-state index contributed by atoms with van der Waals surface area (Å²) in [6, 6.07) is 1.34. The Morgan fingerprint density at radius 2 is 2.07 bits per heavy atom. The van der Waals surface area contributed by atoms with Crippen LogP contribution in [0.4, 0.5) is 0 Å². The first-order chi connectivity index (χ1) is 6.84. The summed E-state index contributed by atoms with van der Waals surface area (Å²) in [4.78, 5) is 16.1. The minimum Gasteiger partial charge on any atom is -0.324 e. The quantitative estimate of drug-likeness (QED) is 0.652. The molecular formula is C10H17N3O. The van der Waals surface area contributed by atoms with E-state index in [2.05, 4.69) is 10.2 Å². The Labute approximate surface area is 84.2 Å². The van der Waals surface area contributed by atoms with Crippen molar-refractivity contribution in [3.05, 3.63) is 0 Å². The lowest BCUT2D eigenvalue weighted by Gasteiger charge is -2.23. The topological polar surface area (TPSA) is 35.6 Å². The number of nitrogens with one attached hydrogen (secondary N) is 1. The Kier molecular flexibility index (Phi) is 1.99. The number of hydrogen-bond donors (Lipinski definition) is 1. The van der Waals surface area contributed by atoms with Crippen LogP contribution < -0.4 is 5.32 Å². The normalized spacial score (nSPS) is 34.4. The number of amides is 1. The Balaban J connectivity index is 1.61. The number of hydrogen-bond acceptors (Lipinski definition) is 3. The van der Waals surface area contributed by atoms with Crippen molar-refractivity contribution in [2.24, 2.45) is 0 Å². The van der Waals surface area contributed by atoms with Crippen LogP contribution in [0.3, 0.4) is 0 Å². The number of rotatable bonds is 2. The van der Waals surface area contributed by atoms with Gasteiger partial charge in [-0.1, -0.05) is 0 Å². The molecule has 4 heteroatoms. The van der Waals surface area contributed by atoms with Gasteiger partial charge < -0.3 is 4.90 Å². The van der Waals surface area contributed by atoms with Gasteiger partial charge in [0.25, 0.3) is 0 Å². The molecule has 0 aromatic heterocycles. The molecule has 3 rings (SSSR count). The molecule has 1 amide bonds. The van der Waals surface area contributed by atoms with Gasteiger partial charge in [-0.2, -0.15) is 0 Å². The zero-order valence-electron chi connectivity index (χ0n) is 8.41. The maximum absolute atomic E-state index is 11.5. The van der Waals surface area contributed by atoms with Crippen LogP contribution in [0.25, 0.3) is 0 Å². The average molecular weight is 195 g/mol. The highest BCUT2D eigenvalue weighted by molar-refractivity contribution is 5.80. The third-order valence-electron chi connectivity index (χ3n) is 3.58. The van der Waals surface area contributed by atoms with Crippen molar-refractivity contribution in [2.75, 3.05) is 26.3 Å². The van der Waals surface area contributed by atoms with Crippen molar-refractivity contribution < 1.29 is 4.79 Å². The van der Waals surface area contributed by atoms with Gasteiger partial charge in [0, 0.05) is 25.2 Å². The van der Waals surface area contributed by atoms with Crippen LogP contribution in [-0.2, 0) is 4.79 Å². The first-order valence-corrected chi connectivity index (χ1v) is 5.59. The zero-order valence-corrected chi connectivity index (χ0v) is 8.41. The molecule has 0 spiro atoms. The zero-order chi connectivity index (χ0) is 9.54. The van der Waals surface area contributed by atoms with Crippen molar-refractivity contribution in [3.63, 3.8) is 0 Å². The molecule has 0 aromatic rings. The van der Waals surface area contributed by atoms with E-state index >= 15 is 0 Å². The molecule has 3 fully saturated rings. The highest BCUT2D eigenvalue weighted by Crippen LogP contribution is 2.31. The summed E-state index contributed by atoms with van der Waals surface area (Å²) in [6.07, 6.45) is 3.92. The molecule has 4 nitrogen and oxygen atoms in total. The number of carbonyl (C=O) groups excluding carboxylic acids is 1. The van der Waals surface area contributed by atoms with Crippen molar-refractivity contribution in [1.29, 1.82) is 0 Å². The van der Waals surface area contributed by atoms with Gasteiger partial charge in [0.2, 0.25) is 5.91 Å². The van der Waals surface area contributed by atoms with Crippen LogP contribution >= 0.6 is 0 Å². The smallest absolute Gasteiger partial charge is 0.237 e. The van der Waals surface area contributed by atoms with Gasteiger partial charge in [-0.25, -0.2) is 0 Å². The molecule has 1 atom stereocenters. The van der Waals surface area contributed by atoms with Crippen molar-refractivity contribution in [2.45, 2.75) is 31.3 Å². The third kappa shape index (κ3) is 1.42. The second kappa shape index (κ2) is 3.21. The average Bonchev–Trinajstić information content (AvgIpc) is 2.75. The largest absolute Gasteiger partial charge is 0.324 e. The highest BCUT2D eigenvalue weighted by atomic mass is 16.2. The van der Waals surface area contributed by atoms with Crippen LogP contribution in [0, 0.1) is 0 Å². The fourth-order valence-electron chi connectivity index (χ4n) is 2.60. The Bertz CT molecular complexity index is 252. The number of likely N-dealkylation sites (tertiary alicyclic amines) is 1. The SMILES string of the molecule is O=C1CNCN1C1CCN(C2CC2)C1. The van der Waals surface area contributed by atoms with E-state index in [9.17, 15) is 4.79 Å². The van der Waals surface area contributed by atoms with Gasteiger partial charge in [0.15, 0.2) is 0 Å². The lowest BCUT2D eigenvalue weighted by Crippen LogP contribution is -2.39. The van der Waals surface area contributed by atoms with Crippen molar-refractivity contribution in [3.8, 4) is 0 Å². The molecule has 2 aliphatic heterocycles. The van der Waals surface area contributed by atoms with Crippen LogP contribution in [0.2, 0.25) is 0 Å². The van der Waals surface area contributed by atoms with E-state index in [0.29, 0.717) is 12.6 Å². The minimum atomic E-state index is 0.285. The van der Waals surface area contributed by atoms with Crippen molar-refractivity contribution >= 4 is 5.91 Å². The molecule has 1 unspecified atom stereocenters. The number of nitrogens with zero attached hydrogens (tertiary/aromatic N) is 2. The Hall–Kier alpha value is -0.610. The van der Waals surface area contributed by atoms with Crippen LogP contribution in [0.5, 0.6) is 0 Å². The molecule has 1 N–H and O–H groups in total. The summed E-state index contributed by atoms with van der Waals surface area (Å²) >= 11 is 0. The molecule has 1 aliphatic carbocycles. The maximum atomic E-state index is 11.5. The Morgan fingerprint density at radius 3 is 2.71 bits per heavy atom. The maximum Gasteiger partial charge on any atom is 0.237 e. The van der Waals surface area contributed by atoms with Gasteiger partial charge in [0.05, 0.1) is 13.2 Å². The lowest BCUT2D eigenvalue weighted by molar-refractivity contribution is -0.128. The van der Waals surface area contributed by atoms with Gasteiger partial charge in [-0.3, -0.25) is 15.0 Å². The fraction of sp³-hybridized carbons (Fsp3) is 0.900. The van der Waals surface area contributed by atoms with Crippen LogP contribution in [-0.4, -0.2) is 54.1 Å². The molecule has 2 heterocycles. The molecule has 0 bridgehead atoms. The monoisotopic (exact) mass is 195 g/mol. The summed E-state index contributed by atoms with van der Waals surface area (Å²) < 4.78 is 0. The van der Waals surface area contributed by atoms with Gasteiger partial charge >= 0.3 is 0 Å². The first kappa shape index (κ1) is 8.68. The third-order valence-corrected chi connectivity index (χ3v) is 3.58. The van der Waals surface area contributed by atoms with Crippen LogP contribution in [0.15, 0.2) is 0 Å². The molecular weight excluding hydrogens is 178 g/mol. The second-order valence-electron chi connectivity index (χ2n) is 4.62. The van der Waals surface area contributed by atoms with E-state index in [4.69, 9.17) is 0 Å². The summed E-state index contributed by atoms with van der Waals surface area (Å²) in [6.45, 7) is 3.61. The van der Waals surface area contributed by atoms with E-state index in [-0.39, 0.29) is 5.91 Å². The molecule has 2 saturated heterocycles. The fourth-order valence-corrected chi connectivity index (χ4v) is 2.60. The van der Waals surface area contributed by atoms with E-state index in [1.54, 1.807) is 0 Å². The molecule has 14 heavy (non-hydrogen) atoms. The van der Waals surface area contributed by atoms with Gasteiger partial charge in [-0.15, -0.1) is 0 Å². The first-order valence-electron chi connectivity index (χ1n) is 5.59. The second-order valence-corrected chi connectivity index (χ2v) is 4.62. The summed E-state index contributed by atoms with van der Waals surface area (Å²) in [5.41, 5.74) is 0. The Morgan fingerprint density at radius 1 is 1.21 bits per heavy atom. The van der Waals surface area contributed by atoms with E-state index in [0.717, 1.165) is 19.3 Å². The molecule has 3 aliphatic rings. The summed E-state index contributed by atoms with van der Waals surface area (Å²) in [5, 5.41) is 3.12. The number of carbonyl (C=O) groups is 1. The molecule has 0 aromatic carbocycles.